The highest BCUT2D eigenvalue weighted by atomic mass is 35.5. The van der Waals surface area contributed by atoms with E-state index in [0.717, 1.165) is 28.7 Å². The number of rotatable bonds is 11. The van der Waals surface area contributed by atoms with E-state index in [-0.39, 0.29) is 56.0 Å². The smallest absolute Gasteiger partial charge is 0.344 e. The van der Waals surface area contributed by atoms with E-state index in [2.05, 4.69) is 31.0 Å². The fraction of sp³-hybridized carbons (Fsp3) is 0.481. The van der Waals surface area contributed by atoms with Gasteiger partial charge in [-0.1, -0.05) is 39.8 Å². The van der Waals surface area contributed by atoms with Gasteiger partial charge in [-0.15, -0.1) is 0 Å². The number of aromatic hydroxyl groups is 1. The number of halogens is 1. The van der Waals surface area contributed by atoms with E-state index in [4.69, 9.17) is 9.47 Å². The number of phenols is 1. The van der Waals surface area contributed by atoms with Gasteiger partial charge in [-0.05, 0) is 72.2 Å². The first-order valence-corrected chi connectivity index (χ1v) is 11.8. The van der Waals surface area contributed by atoms with Crippen LogP contribution in [0, 0.1) is 19.8 Å². The van der Waals surface area contributed by atoms with Crippen LogP contribution in [0.3, 0.4) is 0 Å². The van der Waals surface area contributed by atoms with E-state index in [1.165, 1.54) is 5.56 Å². The Morgan fingerprint density at radius 2 is 1.69 bits per heavy atom. The van der Waals surface area contributed by atoms with Crippen LogP contribution in [0.2, 0.25) is 0 Å². The summed E-state index contributed by atoms with van der Waals surface area (Å²) in [5, 5.41) is 12.8. The van der Waals surface area contributed by atoms with Crippen LogP contribution in [-0.4, -0.2) is 42.8 Å². The summed E-state index contributed by atoms with van der Waals surface area (Å²) >= 11 is 0. The van der Waals surface area contributed by atoms with Gasteiger partial charge in [0.05, 0.1) is 6.54 Å². The molecule has 2 rings (SSSR count). The standard InChI is InChI=1S/C27H38N2O5.ClH/c1-16(2)22-13-20(7-8-24(22)30)14-23-18(5)11-21(12-19(23)6)34-15-25(31)33-10-9-29-27(32)26(28)17(3)4;/h7-8,11-13,16-17,26,30H,9-10,14-15,28H2,1-6H3,(H,29,32);1H. The number of quaternary nitrogens is 1. The minimum absolute atomic E-state index is 0. The van der Waals surface area contributed by atoms with E-state index in [1.807, 2.05) is 45.9 Å². The molecule has 0 saturated carbocycles. The molecule has 7 nitrogen and oxygen atoms in total. The lowest BCUT2D eigenvalue weighted by molar-refractivity contribution is -0.414. The Bertz CT molecular complexity index is 984. The minimum Gasteiger partial charge on any atom is -1.00 e. The number of aryl methyl sites for hydroxylation is 2. The van der Waals surface area contributed by atoms with E-state index >= 15 is 0 Å². The van der Waals surface area contributed by atoms with Gasteiger partial charge < -0.3 is 38.0 Å². The van der Waals surface area contributed by atoms with Crippen LogP contribution in [0.1, 0.15) is 61.4 Å². The van der Waals surface area contributed by atoms with E-state index in [0.29, 0.717) is 11.5 Å². The van der Waals surface area contributed by atoms with Crippen molar-refractivity contribution in [3.05, 3.63) is 58.1 Å². The predicted molar refractivity (Wildman–Crippen MR) is 132 cm³/mol. The van der Waals surface area contributed by atoms with Gasteiger partial charge in [-0.3, -0.25) is 4.79 Å². The number of benzene rings is 2. The van der Waals surface area contributed by atoms with Crippen molar-refractivity contribution in [3.8, 4) is 11.5 Å². The summed E-state index contributed by atoms with van der Waals surface area (Å²) < 4.78 is 10.8. The van der Waals surface area contributed by atoms with Crippen LogP contribution in [-0.2, 0) is 20.7 Å². The molecule has 0 spiro atoms. The Hall–Kier alpha value is -2.77. The van der Waals surface area contributed by atoms with Crippen molar-refractivity contribution >= 4 is 11.9 Å². The van der Waals surface area contributed by atoms with Crippen LogP contribution in [0.15, 0.2) is 30.3 Å². The summed E-state index contributed by atoms with van der Waals surface area (Å²) in [6, 6.07) is 9.26. The zero-order valence-electron chi connectivity index (χ0n) is 21.6. The van der Waals surface area contributed by atoms with Gasteiger partial charge in [-0.25, -0.2) is 4.79 Å². The van der Waals surface area contributed by atoms with Crippen molar-refractivity contribution in [2.75, 3.05) is 19.8 Å². The van der Waals surface area contributed by atoms with Crippen LogP contribution in [0.25, 0.3) is 0 Å². The number of phenolic OH excluding ortho intramolecular Hbond substituents is 1. The lowest BCUT2D eigenvalue weighted by atomic mass is 9.93. The maximum absolute atomic E-state index is 12.0. The van der Waals surface area contributed by atoms with Crippen molar-refractivity contribution in [1.29, 1.82) is 0 Å². The average molecular weight is 507 g/mol. The van der Waals surface area contributed by atoms with Gasteiger partial charge in [0.25, 0.3) is 5.91 Å². The molecule has 0 saturated heterocycles. The second kappa shape index (κ2) is 14.0. The molecule has 0 aliphatic carbocycles. The van der Waals surface area contributed by atoms with Gasteiger partial charge in [-0.2, -0.15) is 0 Å². The number of nitrogens with one attached hydrogen (secondary N) is 1. The molecule has 0 bridgehead atoms. The molecule has 0 radical (unpaired) electrons. The van der Waals surface area contributed by atoms with Crippen LogP contribution in [0.4, 0.5) is 0 Å². The second-order valence-electron chi connectivity index (χ2n) is 9.41. The topological polar surface area (TPSA) is 112 Å². The quantitative estimate of drug-likeness (QED) is 0.294. The van der Waals surface area contributed by atoms with Gasteiger partial charge in [0, 0.05) is 5.92 Å². The normalized spacial score (nSPS) is 11.7. The SMILES string of the molecule is Cc1cc(OCC(=O)OCCNC(=O)C([NH3+])C(C)C)cc(C)c1Cc1ccc(O)c(C(C)C)c1.[Cl-]. The third-order valence-corrected chi connectivity index (χ3v) is 5.93. The number of hydrogen-bond acceptors (Lipinski definition) is 5. The van der Waals surface area contributed by atoms with E-state index < -0.39 is 5.97 Å². The summed E-state index contributed by atoms with van der Waals surface area (Å²) in [5.41, 5.74) is 9.22. The molecule has 0 heterocycles. The van der Waals surface area contributed by atoms with Crippen molar-refractivity contribution in [1.82, 2.24) is 5.32 Å². The van der Waals surface area contributed by atoms with Gasteiger partial charge in [0.1, 0.15) is 18.1 Å². The molecule has 8 heteroatoms. The largest absolute Gasteiger partial charge is 1.00 e. The highest BCUT2D eigenvalue weighted by Crippen LogP contribution is 2.29. The molecule has 0 fully saturated rings. The molecule has 194 valence electrons. The van der Waals surface area contributed by atoms with E-state index in [9.17, 15) is 14.7 Å². The number of carbonyl (C=O) groups excluding carboxylic acids is 2. The fourth-order valence-electron chi connectivity index (χ4n) is 3.65. The Balaban J connectivity index is 0.00000612. The Kier molecular flexibility index (Phi) is 12.1. The summed E-state index contributed by atoms with van der Waals surface area (Å²) in [6.07, 6.45) is 0.747. The van der Waals surface area contributed by atoms with Gasteiger partial charge >= 0.3 is 5.97 Å². The summed E-state index contributed by atoms with van der Waals surface area (Å²) in [4.78, 5) is 23.9. The molecule has 1 unspecified atom stereocenters. The number of hydrogen-bond donors (Lipinski definition) is 3. The summed E-state index contributed by atoms with van der Waals surface area (Å²) in [5.74, 6) is 0.680. The highest BCUT2D eigenvalue weighted by molar-refractivity contribution is 5.80. The summed E-state index contributed by atoms with van der Waals surface area (Å²) in [6.45, 7) is 12.2. The second-order valence-corrected chi connectivity index (χ2v) is 9.41. The van der Waals surface area contributed by atoms with E-state index in [1.54, 1.807) is 6.07 Å². The maximum Gasteiger partial charge on any atom is 0.344 e. The maximum atomic E-state index is 12.0. The number of esters is 1. The molecule has 0 aliphatic heterocycles. The molecule has 2 aromatic carbocycles. The molecule has 2 aromatic rings. The first-order chi connectivity index (χ1) is 16.0. The first-order valence-electron chi connectivity index (χ1n) is 11.8. The van der Waals surface area contributed by atoms with Gasteiger partial charge in [0.2, 0.25) is 0 Å². The molecule has 1 atom stereocenters. The Morgan fingerprint density at radius 3 is 2.26 bits per heavy atom. The average Bonchev–Trinajstić information content (AvgIpc) is 2.77. The van der Waals surface area contributed by atoms with Crippen LogP contribution >= 0.6 is 0 Å². The zero-order valence-corrected chi connectivity index (χ0v) is 22.4. The third-order valence-electron chi connectivity index (χ3n) is 5.93. The molecule has 5 N–H and O–H groups in total. The molecule has 35 heavy (non-hydrogen) atoms. The van der Waals surface area contributed by atoms with Crippen molar-refractivity contribution in [2.24, 2.45) is 5.92 Å². The van der Waals surface area contributed by atoms with Crippen molar-refractivity contribution < 1.29 is 42.3 Å². The molecule has 1 amide bonds. The number of carbonyl (C=O) groups is 2. The third kappa shape index (κ3) is 9.07. The summed E-state index contributed by atoms with van der Waals surface area (Å²) in [7, 11) is 0. The number of ether oxygens (including phenoxy) is 2. The zero-order chi connectivity index (χ0) is 25.4. The van der Waals surface area contributed by atoms with Crippen molar-refractivity contribution in [2.45, 2.75) is 59.9 Å². The Morgan fingerprint density at radius 1 is 1.06 bits per heavy atom. The monoisotopic (exact) mass is 506 g/mol. The molecule has 0 aliphatic rings. The Labute approximate surface area is 214 Å². The molecular formula is C27H39ClN2O5. The fourth-order valence-corrected chi connectivity index (χ4v) is 3.65. The number of amides is 1. The lowest BCUT2D eigenvalue weighted by Gasteiger charge is -2.15. The van der Waals surface area contributed by atoms with Crippen LogP contribution < -0.4 is 28.2 Å². The van der Waals surface area contributed by atoms with Crippen molar-refractivity contribution in [3.63, 3.8) is 0 Å². The predicted octanol–water partition coefficient (Wildman–Crippen LogP) is 0.0319. The molecular weight excluding hydrogens is 468 g/mol. The first kappa shape index (κ1) is 30.3. The van der Waals surface area contributed by atoms with Crippen LogP contribution in [0.5, 0.6) is 11.5 Å². The lowest BCUT2D eigenvalue weighted by Crippen LogP contribution is -3.00. The minimum atomic E-state index is -0.492. The van der Waals surface area contributed by atoms with Gasteiger partial charge in [0.15, 0.2) is 12.6 Å². The molecule has 0 aromatic heterocycles. The highest BCUT2D eigenvalue weighted by Gasteiger charge is 2.20.